The lowest BCUT2D eigenvalue weighted by atomic mass is 9.82. The first kappa shape index (κ1) is 12.5. The van der Waals surface area contributed by atoms with Crippen LogP contribution in [0.4, 0.5) is 5.69 Å². The molecule has 1 aromatic heterocycles. The van der Waals surface area contributed by atoms with Gasteiger partial charge in [0.15, 0.2) is 0 Å². The molecule has 1 unspecified atom stereocenters. The Bertz CT molecular complexity index is 416. The number of piperidine rings is 1. The lowest BCUT2D eigenvalue weighted by Crippen LogP contribution is -2.46. The minimum Gasteiger partial charge on any atom is -0.323 e. The van der Waals surface area contributed by atoms with Crippen LogP contribution in [0.5, 0.6) is 0 Å². The highest BCUT2D eigenvalue weighted by Gasteiger charge is 2.34. The number of pyridine rings is 1. The Kier molecular flexibility index (Phi) is 3.79. The van der Waals surface area contributed by atoms with Crippen LogP contribution in [0.25, 0.3) is 0 Å². The summed E-state index contributed by atoms with van der Waals surface area (Å²) < 4.78 is 0.667. The summed E-state index contributed by atoms with van der Waals surface area (Å²) in [6.07, 6.45) is 3.64. The van der Waals surface area contributed by atoms with E-state index >= 15 is 0 Å². The highest BCUT2D eigenvalue weighted by Crippen LogP contribution is 2.28. The molecule has 0 radical (unpaired) electrons. The molecule has 0 bridgehead atoms. The molecule has 4 nitrogen and oxygen atoms in total. The minimum atomic E-state index is -0.326. The number of anilines is 1. The van der Waals surface area contributed by atoms with Gasteiger partial charge in [-0.15, -0.1) is 0 Å². The van der Waals surface area contributed by atoms with Gasteiger partial charge in [0.25, 0.3) is 0 Å². The minimum absolute atomic E-state index is 0.0541. The first-order chi connectivity index (χ1) is 8.12. The van der Waals surface area contributed by atoms with E-state index in [1.54, 1.807) is 6.20 Å². The Morgan fingerprint density at radius 1 is 1.65 bits per heavy atom. The largest absolute Gasteiger partial charge is 0.323 e. The SMILES string of the molecule is CC1(C(=O)Nc2cccnc2Br)CCCNC1. The molecule has 92 valence electrons. The third kappa shape index (κ3) is 2.84. The van der Waals surface area contributed by atoms with Gasteiger partial charge in [-0.25, -0.2) is 4.98 Å². The van der Waals surface area contributed by atoms with Crippen molar-refractivity contribution in [3.63, 3.8) is 0 Å². The molecule has 1 fully saturated rings. The fourth-order valence-electron chi connectivity index (χ4n) is 2.00. The third-order valence-corrected chi connectivity index (χ3v) is 3.78. The summed E-state index contributed by atoms with van der Waals surface area (Å²) in [4.78, 5) is 16.3. The monoisotopic (exact) mass is 297 g/mol. The number of carbonyl (C=O) groups is 1. The lowest BCUT2D eigenvalue weighted by Gasteiger charge is -2.32. The highest BCUT2D eigenvalue weighted by atomic mass is 79.9. The summed E-state index contributed by atoms with van der Waals surface area (Å²) in [5, 5.41) is 6.20. The number of nitrogens with zero attached hydrogens (tertiary/aromatic N) is 1. The van der Waals surface area contributed by atoms with Gasteiger partial charge in [0, 0.05) is 12.7 Å². The van der Waals surface area contributed by atoms with E-state index in [4.69, 9.17) is 0 Å². The molecule has 1 saturated heterocycles. The third-order valence-electron chi connectivity index (χ3n) is 3.15. The van der Waals surface area contributed by atoms with Gasteiger partial charge in [0.1, 0.15) is 4.60 Å². The number of hydrogen-bond donors (Lipinski definition) is 2. The maximum absolute atomic E-state index is 12.2. The van der Waals surface area contributed by atoms with E-state index in [2.05, 4.69) is 31.5 Å². The summed E-state index contributed by atoms with van der Waals surface area (Å²) in [6, 6.07) is 3.65. The smallest absolute Gasteiger partial charge is 0.231 e. The molecule has 17 heavy (non-hydrogen) atoms. The average Bonchev–Trinajstić information content (AvgIpc) is 2.33. The first-order valence-electron chi connectivity index (χ1n) is 5.74. The predicted octanol–water partition coefficient (Wildman–Crippen LogP) is 2.17. The highest BCUT2D eigenvalue weighted by molar-refractivity contribution is 9.10. The van der Waals surface area contributed by atoms with E-state index in [1.165, 1.54) is 0 Å². The Morgan fingerprint density at radius 3 is 3.12 bits per heavy atom. The van der Waals surface area contributed by atoms with Crippen molar-refractivity contribution in [1.82, 2.24) is 10.3 Å². The van der Waals surface area contributed by atoms with E-state index in [1.807, 2.05) is 19.1 Å². The van der Waals surface area contributed by atoms with Gasteiger partial charge in [0.2, 0.25) is 5.91 Å². The first-order valence-corrected chi connectivity index (χ1v) is 6.54. The second kappa shape index (κ2) is 5.14. The zero-order valence-electron chi connectivity index (χ0n) is 9.79. The van der Waals surface area contributed by atoms with Crippen LogP contribution in [-0.2, 0) is 4.79 Å². The molecule has 0 spiro atoms. The van der Waals surface area contributed by atoms with Crippen molar-refractivity contribution in [2.24, 2.45) is 5.41 Å². The summed E-state index contributed by atoms with van der Waals surface area (Å²) in [7, 11) is 0. The Hall–Kier alpha value is -0.940. The second-order valence-corrected chi connectivity index (χ2v) is 5.39. The van der Waals surface area contributed by atoms with Gasteiger partial charge >= 0.3 is 0 Å². The van der Waals surface area contributed by atoms with Gasteiger partial charge < -0.3 is 10.6 Å². The molecule has 1 amide bonds. The van der Waals surface area contributed by atoms with Gasteiger partial charge in [-0.2, -0.15) is 0 Å². The van der Waals surface area contributed by atoms with Gasteiger partial charge in [-0.3, -0.25) is 4.79 Å². The molecule has 0 saturated carbocycles. The fraction of sp³-hybridized carbons (Fsp3) is 0.500. The van der Waals surface area contributed by atoms with Crippen molar-refractivity contribution in [2.45, 2.75) is 19.8 Å². The fourth-order valence-corrected chi connectivity index (χ4v) is 2.35. The summed E-state index contributed by atoms with van der Waals surface area (Å²) in [5.41, 5.74) is 0.400. The molecular formula is C12H16BrN3O. The van der Waals surface area contributed by atoms with Gasteiger partial charge in [0.05, 0.1) is 11.1 Å². The number of aromatic nitrogens is 1. The van der Waals surface area contributed by atoms with E-state index in [0.717, 1.165) is 31.6 Å². The zero-order chi connectivity index (χ0) is 12.3. The number of hydrogen-bond acceptors (Lipinski definition) is 3. The van der Waals surface area contributed by atoms with Crippen molar-refractivity contribution in [1.29, 1.82) is 0 Å². The molecule has 1 atom stereocenters. The van der Waals surface area contributed by atoms with Crippen LogP contribution in [0.3, 0.4) is 0 Å². The van der Waals surface area contributed by atoms with Crippen LogP contribution >= 0.6 is 15.9 Å². The maximum Gasteiger partial charge on any atom is 0.231 e. The second-order valence-electron chi connectivity index (χ2n) is 4.64. The molecular weight excluding hydrogens is 282 g/mol. The van der Waals surface area contributed by atoms with Crippen molar-refractivity contribution in [3.05, 3.63) is 22.9 Å². The average molecular weight is 298 g/mol. The van der Waals surface area contributed by atoms with E-state index in [0.29, 0.717) is 4.60 Å². The van der Waals surface area contributed by atoms with Crippen LogP contribution in [0, 0.1) is 5.41 Å². The van der Waals surface area contributed by atoms with Crippen LogP contribution < -0.4 is 10.6 Å². The number of rotatable bonds is 2. The molecule has 1 aliphatic heterocycles. The summed E-state index contributed by atoms with van der Waals surface area (Å²) in [6.45, 7) is 3.73. The quantitative estimate of drug-likeness (QED) is 0.823. The molecule has 1 aromatic rings. The normalized spacial score (nSPS) is 24.4. The number of nitrogens with one attached hydrogen (secondary N) is 2. The number of carbonyl (C=O) groups excluding carboxylic acids is 1. The van der Waals surface area contributed by atoms with E-state index in [-0.39, 0.29) is 11.3 Å². The molecule has 2 heterocycles. The van der Waals surface area contributed by atoms with E-state index < -0.39 is 0 Å². The van der Waals surface area contributed by atoms with Crippen LogP contribution in [-0.4, -0.2) is 24.0 Å². The standard InChI is InChI=1S/C12H16BrN3O/c1-12(5-3-6-14-8-12)11(17)16-9-4-2-7-15-10(9)13/h2,4,7,14H,3,5-6,8H2,1H3,(H,16,17). The van der Waals surface area contributed by atoms with Crippen molar-refractivity contribution < 1.29 is 4.79 Å². The van der Waals surface area contributed by atoms with Crippen molar-refractivity contribution in [3.8, 4) is 0 Å². The van der Waals surface area contributed by atoms with Crippen molar-refractivity contribution >= 4 is 27.5 Å². The molecule has 0 aliphatic carbocycles. The summed E-state index contributed by atoms with van der Waals surface area (Å²) >= 11 is 3.32. The molecule has 2 N–H and O–H groups in total. The Labute approximate surface area is 109 Å². The number of halogens is 1. The Balaban J connectivity index is 2.08. The van der Waals surface area contributed by atoms with Crippen LogP contribution in [0.1, 0.15) is 19.8 Å². The van der Waals surface area contributed by atoms with Crippen LogP contribution in [0.2, 0.25) is 0 Å². The predicted molar refractivity (Wildman–Crippen MR) is 70.8 cm³/mol. The maximum atomic E-state index is 12.2. The summed E-state index contributed by atoms with van der Waals surface area (Å²) in [5.74, 6) is 0.0541. The molecule has 1 aliphatic rings. The lowest BCUT2D eigenvalue weighted by molar-refractivity contribution is -0.125. The van der Waals surface area contributed by atoms with Gasteiger partial charge in [-0.1, -0.05) is 0 Å². The van der Waals surface area contributed by atoms with Crippen molar-refractivity contribution in [2.75, 3.05) is 18.4 Å². The van der Waals surface area contributed by atoms with Crippen LogP contribution in [0.15, 0.2) is 22.9 Å². The topological polar surface area (TPSA) is 54.0 Å². The Morgan fingerprint density at radius 2 is 2.47 bits per heavy atom. The number of amides is 1. The van der Waals surface area contributed by atoms with Gasteiger partial charge in [-0.05, 0) is 54.4 Å². The molecule has 0 aromatic carbocycles. The van der Waals surface area contributed by atoms with E-state index in [9.17, 15) is 4.79 Å². The molecule has 2 rings (SSSR count). The zero-order valence-corrected chi connectivity index (χ0v) is 11.4. The molecule has 5 heteroatoms.